The third kappa shape index (κ3) is 3.38. The van der Waals surface area contributed by atoms with Gasteiger partial charge in [-0.3, -0.25) is 13.5 Å². The molecule has 0 saturated carbocycles. The Balaban J connectivity index is 1.26. The fourth-order valence-electron chi connectivity index (χ4n) is 7.08. The second-order valence-electron chi connectivity index (χ2n) is 11.5. The SMILES string of the molecule is c1ccc(-c2nc3ccccc3n2-c2ccc(-n3c4ccccc4c4nc5c6ccccc6c6ccccc6n5c43)cc2)cc1. The number of imidazole rings is 2. The van der Waals surface area contributed by atoms with Crippen LogP contribution in [0.2, 0.25) is 0 Å². The molecule has 0 aliphatic rings. The molecule has 5 heteroatoms. The molecular formula is C40H25N5. The second kappa shape index (κ2) is 9.15. The third-order valence-corrected chi connectivity index (χ3v) is 9.03. The van der Waals surface area contributed by atoms with Crippen molar-refractivity contribution >= 4 is 60.4 Å². The van der Waals surface area contributed by atoms with Gasteiger partial charge >= 0.3 is 0 Å². The first kappa shape index (κ1) is 24.3. The standard InChI is InChI=1S/C40H25N5/c1-2-12-26(13-3-1)38-41-33-18-8-11-21-36(33)43(38)27-22-24-28(25-23-27)44-35-20-10-7-17-32(35)37-40(44)45-34-19-9-6-15-30(34)29-14-4-5-16-31(29)39(45)42-37/h1-25H. The molecule has 0 fully saturated rings. The van der Waals surface area contributed by atoms with Gasteiger partial charge in [-0.25, -0.2) is 9.97 Å². The summed E-state index contributed by atoms with van der Waals surface area (Å²) in [7, 11) is 0. The number of aromatic nitrogens is 5. The Bertz CT molecular complexity index is 2750. The summed E-state index contributed by atoms with van der Waals surface area (Å²) in [6, 6.07) is 53.4. The van der Waals surface area contributed by atoms with E-state index in [9.17, 15) is 0 Å². The topological polar surface area (TPSA) is 40.0 Å². The molecule has 0 N–H and O–H groups in total. The van der Waals surface area contributed by atoms with Crippen molar-refractivity contribution in [1.82, 2.24) is 23.5 Å². The molecule has 0 aliphatic heterocycles. The first-order valence-corrected chi connectivity index (χ1v) is 15.2. The monoisotopic (exact) mass is 575 g/mol. The molecule has 0 radical (unpaired) electrons. The van der Waals surface area contributed by atoms with Crippen LogP contribution in [0.15, 0.2) is 152 Å². The number of pyridine rings is 1. The normalized spacial score (nSPS) is 12.0. The van der Waals surface area contributed by atoms with Crippen LogP contribution in [-0.4, -0.2) is 23.5 Å². The molecule has 10 aromatic rings. The van der Waals surface area contributed by atoms with Gasteiger partial charge < -0.3 is 0 Å². The highest BCUT2D eigenvalue weighted by Gasteiger charge is 2.21. The quantitative estimate of drug-likeness (QED) is 0.197. The van der Waals surface area contributed by atoms with Crippen molar-refractivity contribution in [3.05, 3.63) is 152 Å². The van der Waals surface area contributed by atoms with E-state index in [-0.39, 0.29) is 0 Å². The molecule has 0 bridgehead atoms. The highest BCUT2D eigenvalue weighted by molar-refractivity contribution is 6.16. The van der Waals surface area contributed by atoms with Crippen molar-refractivity contribution < 1.29 is 0 Å². The Morgan fingerprint density at radius 3 is 1.76 bits per heavy atom. The lowest BCUT2D eigenvalue weighted by Gasteiger charge is -2.14. The lowest BCUT2D eigenvalue weighted by molar-refractivity contribution is 1.08. The maximum absolute atomic E-state index is 5.34. The van der Waals surface area contributed by atoms with Crippen molar-refractivity contribution in [2.45, 2.75) is 0 Å². The van der Waals surface area contributed by atoms with E-state index in [2.05, 4.69) is 153 Å². The number of nitrogens with zero attached hydrogens (tertiary/aromatic N) is 5. The van der Waals surface area contributed by atoms with Crippen molar-refractivity contribution in [3.63, 3.8) is 0 Å². The van der Waals surface area contributed by atoms with Crippen LogP contribution in [0.1, 0.15) is 0 Å². The zero-order valence-corrected chi connectivity index (χ0v) is 24.2. The minimum absolute atomic E-state index is 0.929. The maximum Gasteiger partial charge on any atom is 0.151 e. The zero-order valence-electron chi connectivity index (χ0n) is 24.2. The summed E-state index contributed by atoms with van der Waals surface area (Å²) in [5.74, 6) is 0.929. The highest BCUT2D eigenvalue weighted by Crippen LogP contribution is 2.38. The van der Waals surface area contributed by atoms with Crippen LogP contribution in [0.4, 0.5) is 0 Å². The Labute approximate surface area is 257 Å². The number of para-hydroxylation sites is 4. The van der Waals surface area contributed by atoms with Crippen LogP contribution in [0.5, 0.6) is 0 Å². The minimum atomic E-state index is 0.929. The molecule has 6 aromatic carbocycles. The smallest absolute Gasteiger partial charge is 0.151 e. The predicted molar refractivity (Wildman–Crippen MR) is 185 cm³/mol. The molecule has 0 aliphatic carbocycles. The molecule has 5 nitrogen and oxygen atoms in total. The summed E-state index contributed by atoms with van der Waals surface area (Å²) in [5.41, 5.74) is 10.6. The fraction of sp³-hybridized carbons (Fsp3) is 0. The van der Waals surface area contributed by atoms with E-state index in [4.69, 9.17) is 9.97 Å². The Morgan fingerprint density at radius 1 is 0.400 bits per heavy atom. The second-order valence-corrected chi connectivity index (χ2v) is 11.5. The molecule has 0 unspecified atom stereocenters. The molecule has 0 atom stereocenters. The van der Waals surface area contributed by atoms with Crippen molar-refractivity contribution in [3.8, 4) is 22.8 Å². The van der Waals surface area contributed by atoms with Crippen molar-refractivity contribution in [1.29, 1.82) is 0 Å². The van der Waals surface area contributed by atoms with E-state index < -0.39 is 0 Å². The number of fused-ring (bicyclic) bond motifs is 11. The zero-order chi connectivity index (χ0) is 29.5. The highest BCUT2D eigenvalue weighted by atomic mass is 15.2. The minimum Gasteiger partial charge on any atom is -0.294 e. The van der Waals surface area contributed by atoms with Gasteiger partial charge in [0.15, 0.2) is 5.65 Å². The summed E-state index contributed by atoms with van der Waals surface area (Å²) in [4.78, 5) is 10.4. The van der Waals surface area contributed by atoms with Gasteiger partial charge in [0.25, 0.3) is 0 Å². The molecule has 0 amide bonds. The number of hydrogen-bond donors (Lipinski definition) is 0. The Hall–Kier alpha value is -6.20. The lowest BCUT2D eigenvalue weighted by Crippen LogP contribution is -2.01. The Morgan fingerprint density at radius 2 is 0.978 bits per heavy atom. The van der Waals surface area contributed by atoms with E-state index in [0.29, 0.717) is 0 Å². The summed E-state index contributed by atoms with van der Waals surface area (Å²) in [6.07, 6.45) is 0. The van der Waals surface area contributed by atoms with E-state index in [1.807, 2.05) is 12.1 Å². The summed E-state index contributed by atoms with van der Waals surface area (Å²) in [6.45, 7) is 0. The molecule has 10 rings (SSSR count). The van der Waals surface area contributed by atoms with Crippen LogP contribution in [-0.2, 0) is 0 Å². The van der Waals surface area contributed by atoms with Crippen LogP contribution in [0, 0.1) is 0 Å². The molecule has 0 saturated heterocycles. The summed E-state index contributed by atoms with van der Waals surface area (Å²) >= 11 is 0. The summed E-state index contributed by atoms with van der Waals surface area (Å²) in [5, 5.41) is 4.72. The third-order valence-electron chi connectivity index (χ3n) is 9.03. The number of benzene rings is 6. The molecular weight excluding hydrogens is 550 g/mol. The number of rotatable bonds is 3. The van der Waals surface area contributed by atoms with E-state index in [1.165, 1.54) is 10.8 Å². The van der Waals surface area contributed by atoms with Gasteiger partial charge in [-0.05, 0) is 53.9 Å². The maximum atomic E-state index is 5.34. The molecule has 210 valence electrons. The number of hydrogen-bond acceptors (Lipinski definition) is 2. The summed E-state index contributed by atoms with van der Waals surface area (Å²) < 4.78 is 6.96. The lowest BCUT2D eigenvalue weighted by atomic mass is 10.1. The van der Waals surface area contributed by atoms with Crippen LogP contribution in [0.25, 0.3) is 83.2 Å². The van der Waals surface area contributed by atoms with Gasteiger partial charge in [-0.1, -0.05) is 103 Å². The van der Waals surface area contributed by atoms with Crippen LogP contribution >= 0.6 is 0 Å². The first-order valence-electron chi connectivity index (χ1n) is 15.2. The largest absolute Gasteiger partial charge is 0.294 e. The van der Waals surface area contributed by atoms with Gasteiger partial charge in [-0.15, -0.1) is 0 Å². The first-order chi connectivity index (χ1) is 22.3. The fourth-order valence-corrected chi connectivity index (χ4v) is 7.08. The van der Waals surface area contributed by atoms with Gasteiger partial charge in [0, 0.05) is 33.1 Å². The molecule has 4 heterocycles. The predicted octanol–water partition coefficient (Wildman–Crippen LogP) is 9.74. The van der Waals surface area contributed by atoms with E-state index >= 15 is 0 Å². The van der Waals surface area contributed by atoms with Crippen LogP contribution in [0.3, 0.4) is 0 Å². The molecule has 4 aromatic heterocycles. The van der Waals surface area contributed by atoms with Gasteiger partial charge in [-0.2, -0.15) is 0 Å². The average molecular weight is 576 g/mol. The van der Waals surface area contributed by atoms with Crippen molar-refractivity contribution in [2.24, 2.45) is 0 Å². The average Bonchev–Trinajstić information content (AvgIpc) is 3.79. The molecule has 0 spiro atoms. The Kier molecular flexibility index (Phi) is 4.93. The van der Waals surface area contributed by atoms with Gasteiger partial charge in [0.05, 0.1) is 22.1 Å². The van der Waals surface area contributed by atoms with Gasteiger partial charge in [0.2, 0.25) is 0 Å². The van der Waals surface area contributed by atoms with Crippen LogP contribution < -0.4 is 0 Å². The molecule has 45 heavy (non-hydrogen) atoms. The van der Waals surface area contributed by atoms with Gasteiger partial charge in [0.1, 0.15) is 17.0 Å². The van der Waals surface area contributed by atoms with Crippen molar-refractivity contribution in [2.75, 3.05) is 0 Å². The van der Waals surface area contributed by atoms with E-state index in [1.54, 1.807) is 0 Å². The van der Waals surface area contributed by atoms with E-state index in [0.717, 1.165) is 72.4 Å².